The van der Waals surface area contributed by atoms with Gasteiger partial charge in [-0.3, -0.25) is 0 Å². The SMILES string of the molecule is CC(NS(=O)(=O)c1cccc(C#N)c1)C1CCCNC1.Cl. The second-order valence-electron chi connectivity index (χ2n) is 5.16. The Balaban J connectivity index is 0.00000220. The lowest BCUT2D eigenvalue weighted by molar-refractivity contribution is 0.320. The lowest BCUT2D eigenvalue weighted by Crippen LogP contribution is -2.44. The average Bonchev–Trinajstić information content (AvgIpc) is 2.48. The number of hydrogen-bond acceptors (Lipinski definition) is 4. The summed E-state index contributed by atoms with van der Waals surface area (Å²) >= 11 is 0. The van der Waals surface area contributed by atoms with Gasteiger partial charge in [0.15, 0.2) is 0 Å². The van der Waals surface area contributed by atoms with E-state index in [1.807, 2.05) is 13.0 Å². The number of sulfonamides is 1. The number of piperidine rings is 1. The highest BCUT2D eigenvalue weighted by Crippen LogP contribution is 2.17. The van der Waals surface area contributed by atoms with Crippen molar-refractivity contribution in [1.29, 1.82) is 5.26 Å². The standard InChI is InChI=1S/C14H19N3O2S.ClH/c1-11(13-5-3-7-16-10-13)17-20(18,19)14-6-2-4-12(8-14)9-15;/h2,4,6,8,11,13,16-17H,3,5,7,10H2,1H3;1H. The number of hydrogen-bond donors (Lipinski definition) is 2. The minimum Gasteiger partial charge on any atom is -0.316 e. The third-order valence-electron chi connectivity index (χ3n) is 3.66. The van der Waals surface area contributed by atoms with Gasteiger partial charge >= 0.3 is 0 Å². The molecular weight excluding hydrogens is 310 g/mol. The summed E-state index contributed by atoms with van der Waals surface area (Å²) in [4.78, 5) is 0.146. The van der Waals surface area contributed by atoms with Gasteiger partial charge in [0.25, 0.3) is 0 Å². The molecule has 1 fully saturated rings. The number of nitriles is 1. The van der Waals surface area contributed by atoms with Gasteiger partial charge < -0.3 is 5.32 Å². The van der Waals surface area contributed by atoms with Gasteiger partial charge in [0.1, 0.15) is 0 Å². The second-order valence-corrected chi connectivity index (χ2v) is 6.87. The monoisotopic (exact) mass is 329 g/mol. The van der Waals surface area contributed by atoms with Crippen LogP contribution in [-0.4, -0.2) is 27.5 Å². The molecule has 1 saturated heterocycles. The molecule has 1 aromatic rings. The predicted molar refractivity (Wildman–Crippen MR) is 83.8 cm³/mol. The highest BCUT2D eigenvalue weighted by molar-refractivity contribution is 7.89. The molecule has 2 unspecified atom stereocenters. The molecule has 0 aromatic heterocycles. The first-order chi connectivity index (χ1) is 9.53. The van der Waals surface area contributed by atoms with E-state index in [1.165, 1.54) is 12.1 Å². The summed E-state index contributed by atoms with van der Waals surface area (Å²) in [5.41, 5.74) is 0.347. The summed E-state index contributed by atoms with van der Waals surface area (Å²) in [5.74, 6) is 0.303. The first-order valence-electron chi connectivity index (χ1n) is 6.76. The molecule has 0 amide bonds. The predicted octanol–water partition coefficient (Wildman–Crippen LogP) is 1.65. The first kappa shape index (κ1) is 17.9. The number of nitrogens with one attached hydrogen (secondary N) is 2. The van der Waals surface area contributed by atoms with Crippen LogP contribution in [0.4, 0.5) is 0 Å². The van der Waals surface area contributed by atoms with Crippen molar-refractivity contribution in [1.82, 2.24) is 10.0 Å². The minimum absolute atomic E-state index is 0. The maximum atomic E-state index is 12.3. The Morgan fingerprint density at radius 3 is 2.86 bits per heavy atom. The van der Waals surface area contributed by atoms with Gasteiger partial charge in [0.2, 0.25) is 10.0 Å². The van der Waals surface area contributed by atoms with Gasteiger partial charge in [-0.15, -0.1) is 12.4 Å². The Bertz CT molecular complexity index is 607. The Labute approximate surface area is 132 Å². The molecular formula is C14H20ClN3O2S. The van der Waals surface area contributed by atoms with Crippen LogP contribution in [0.25, 0.3) is 0 Å². The number of nitrogens with zero attached hydrogens (tertiary/aromatic N) is 1. The summed E-state index contributed by atoms with van der Waals surface area (Å²) < 4.78 is 27.3. The molecule has 0 aliphatic carbocycles. The average molecular weight is 330 g/mol. The van der Waals surface area contributed by atoms with Crippen LogP contribution in [0.1, 0.15) is 25.3 Å². The minimum atomic E-state index is -3.57. The van der Waals surface area contributed by atoms with Crippen molar-refractivity contribution in [2.45, 2.75) is 30.7 Å². The fourth-order valence-corrected chi connectivity index (χ4v) is 3.81. The lowest BCUT2D eigenvalue weighted by Gasteiger charge is -2.28. The van der Waals surface area contributed by atoms with E-state index in [-0.39, 0.29) is 23.3 Å². The molecule has 0 bridgehead atoms. The van der Waals surface area contributed by atoms with Crippen molar-refractivity contribution < 1.29 is 8.42 Å². The van der Waals surface area contributed by atoms with Crippen molar-refractivity contribution in [3.63, 3.8) is 0 Å². The zero-order valence-corrected chi connectivity index (χ0v) is 13.5. The van der Waals surface area contributed by atoms with Crippen LogP contribution in [0.2, 0.25) is 0 Å². The molecule has 0 spiro atoms. The number of rotatable bonds is 4. The third kappa shape index (κ3) is 4.68. The smallest absolute Gasteiger partial charge is 0.240 e. The summed E-state index contributed by atoms with van der Waals surface area (Å²) in [6.07, 6.45) is 2.09. The first-order valence-corrected chi connectivity index (χ1v) is 8.24. The third-order valence-corrected chi connectivity index (χ3v) is 5.21. The van der Waals surface area contributed by atoms with E-state index < -0.39 is 10.0 Å². The largest absolute Gasteiger partial charge is 0.316 e. The fraction of sp³-hybridized carbons (Fsp3) is 0.500. The van der Waals surface area contributed by atoms with E-state index in [0.29, 0.717) is 11.5 Å². The Morgan fingerprint density at radius 1 is 1.48 bits per heavy atom. The molecule has 1 aromatic carbocycles. The number of benzene rings is 1. The molecule has 5 nitrogen and oxygen atoms in total. The van der Waals surface area contributed by atoms with Crippen molar-refractivity contribution in [3.8, 4) is 6.07 Å². The van der Waals surface area contributed by atoms with Gasteiger partial charge in [-0.05, 0) is 57.0 Å². The molecule has 0 saturated carbocycles. The number of halogens is 1. The molecule has 1 aliphatic rings. The second kappa shape index (κ2) is 7.76. The lowest BCUT2D eigenvalue weighted by atomic mass is 9.94. The van der Waals surface area contributed by atoms with Crippen LogP contribution in [0.3, 0.4) is 0 Å². The van der Waals surface area contributed by atoms with Crippen LogP contribution in [0, 0.1) is 17.2 Å². The van der Waals surface area contributed by atoms with Crippen molar-refractivity contribution in [2.24, 2.45) is 5.92 Å². The Kier molecular flexibility index (Phi) is 6.62. The molecule has 116 valence electrons. The Hall–Kier alpha value is -1.13. The van der Waals surface area contributed by atoms with Crippen LogP contribution < -0.4 is 10.0 Å². The molecule has 2 rings (SSSR count). The van der Waals surface area contributed by atoms with E-state index in [2.05, 4.69) is 10.0 Å². The summed E-state index contributed by atoms with van der Waals surface area (Å²) in [5, 5.41) is 12.1. The highest BCUT2D eigenvalue weighted by atomic mass is 35.5. The van der Waals surface area contributed by atoms with E-state index in [9.17, 15) is 8.42 Å². The highest BCUT2D eigenvalue weighted by Gasteiger charge is 2.25. The molecule has 0 radical (unpaired) electrons. The summed E-state index contributed by atoms with van der Waals surface area (Å²) in [6, 6.07) is 7.91. The van der Waals surface area contributed by atoms with E-state index >= 15 is 0 Å². The summed E-state index contributed by atoms with van der Waals surface area (Å²) in [6.45, 7) is 3.73. The van der Waals surface area contributed by atoms with E-state index in [4.69, 9.17) is 5.26 Å². The normalized spacial score (nSPS) is 20.1. The Morgan fingerprint density at radius 2 is 2.24 bits per heavy atom. The molecule has 1 aliphatic heterocycles. The van der Waals surface area contributed by atoms with Gasteiger partial charge in [-0.1, -0.05) is 6.07 Å². The van der Waals surface area contributed by atoms with Crippen LogP contribution in [0.15, 0.2) is 29.2 Å². The molecule has 21 heavy (non-hydrogen) atoms. The van der Waals surface area contributed by atoms with E-state index in [1.54, 1.807) is 12.1 Å². The van der Waals surface area contributed by atoms with E-state index in [0.717, 1.165) is 25.9 Å². The maximum Gasteiger partial charge on any atom is 0.240 e. The molecule has 7 heteroatoms. The molecule has 2 atom stereocenters. The zero-order chi connectivity index (χ0) is 14.6. The van der Waals surface area contributed by atoms with Gasteiger partial charge in [0, 0.05) is 6.04 Å². The van der Waals surface area contributed by atoms with Crippen molar-refractivity contribution in [3.05, 3.63) is 29.8 Å². The van der Waals surface area contributed by atoms with Crippen LogP contribution >= 0.6 is 12.4 Å². The molecule has 1 heterocycles. The van der Waals surface area contributed by atoms with Crippen LogP contribution in [0.5, 0.6) is 0 Å². The topological polar surface area (TPSA) is 82.0 Å². The zero-order valence-electron chi connectivity index (χ0n) is 11.9. The van der Waals surface area contributed by atoms with Gasteiger partial charge in [-0.25, -0.2) is 13.1 Å². The van der Waals surface area contributed by atoms with Crippen molar-refractivity contribution >= 4 is 22.4 Å². The summed E-state index contributed by atoms with van der Waals surface area (Å²) in [7, 11) is -3.57. The van der Waals surface area contributed by atoms with Gasteiger partial charge in [0.05, 0.1) is 16.5 Å². The van der Waals surface area contributed by atoms with Crippen molar-refractivity contribution in [2.75, 3.05) is 13.1 Å². The quantitative estimate of drug-likeness (QED) is 0.880. The molecule has 2 N–H and O–H groups in total. The van der Waals surface area contributed by atoms with Gasteiger partial charge in [-0.2, -0.15) is 5.26 Å². The maximum absolute atomic E-state index is 12.3. The van der Waals surface area contributed by atoms with Crippen LogP contribution in [-0.2, 0) is 10.0 Å². The fourth-order valence-electron chi connectivity index (χ4n) is 2.45.